The van der Waals surface area contributed by atoms with E-state index in [4.69, 9.17) is 15.2 Å². The van der Waals surface area contributed by atoms with Gasteiger partial charge in [0.1, 0.15) is 13.2 Å². The molecule has 1 aromatic rings. The van der Waals surface area contributed by atoms with Gasteiger partial charge in [-0.05, 0) is 24.6 Å². The Kier molecular flexibility index (Phi) is 5.43. The van der Waals surface area contributed by atoms with Gasteiger partial charge in [0.25, 0.3) is 5.91 Å². The second-order valence-corrected chi connectivity index (χ2v) is 6.80. The number of hydrogen-bond donors (Lipinski definition) is 3. The molecule has 0 aliphatic carbocycles. The lowest BCUT2D eigenvalue weighted by Crippen LogP contribution is -3.14. The zero-order valence-electron chi connectivity index (χ0n) is 14.5. The minimum absolute atomic E-state index is 0.00918. The Morgan fingerprint density at radius 1 is 1.24 bits per heavy atom. The maximum absolute atomic E-state index is 12.3. The van der Waals surface area contributed by atoms with Crippen LogP contribution in [0.4, 0.5) is 0 Å². The number of benzene rings is 1. The van der Waals surface area contributed by atoms with Crippen molar-refractivity contribution in [1.82, 2.24) is 5.32 Å². The van der Waals surface area contributed by atoms with E-state index >= 15 is 0 Å². The highest BCUT2D eigenvalue weighted by Gasteiger charge is 2.27. The van der Waals surface area contributed by atoms with Gasteiger partial charge in [0.05, 0.1) is 19.1 Å². The molecule has 2 heterocycles. The molecule has 7 nitrogen and oxygen atoms in total. The zero-order valence-corrected chi connectivity index (χ0v) is 14.5. The molecule has 4 N–H and O–H groups in total. The lowest BCUT2D eigenvalue weighted by Gasteiger charge is -2.27. The summed E-state index contributed by atoms with van der Waals surface area (Å²) in [5.41, 5.74) is 6.33. The first-order valence-corrected chi connectivity index (χ1v) is 8.84. The van der Waals surface area contributed by atoms with Crippen LogP contribution in [0.25, 0.3) is 0 Å². The van der Waals surface area contributed by atoms with Crippen LogP contribution in [0.5, 0.6) is 11.5 Å². The van der Waals surface area contributed by atoms with Gasteiger partial charge in [-0.1, -0.05) is 6.07 Å². The van der Waals surface area contributed by atoms with Gasteiger partial charge >= 0.3 is 0 Å². The van der Waals surface area contributed by atoms with Crippen LogP contribution in [0, 0.1) is 5.92 Å². The zero-order chi connectivity index (χ0) is 17.8. The van der Waals surface area contributed by atoms with Crippen LogP contribution in [0.3, 0.4) is 0 Å². The first kappa shape index (κ1) is 17.5. The van der Waals surface area contributed by atoms with E-state index in [-0.39, 0.29) is 23.8 Å². The van der Waals surface area contributed by atoms with Crippen molar-refractivity contribution in [2.24, 2.45) is 11.7 Å². The summed E-state index contributed by atoms with van der Waals surface area (Å²) in [6.45, 7) is 5.09. The standard InChI is InChI=1S/C18H25N3O4/c1-12(14-2-3-15-16(10-14)25-9-8-24-15)20-17(22)11-21-6-4-13(5-7-21)18(19)23/h2-3,10,12-13H,4-9,11H2,1H3,(H2,19,23)(H,20,22)/p+1/t12-/m0/s1. The van der Waals surface area contributed by atoms with E-state index in [0.29, 0.717) is 19.8 Å². The predicted molar refractivity (Wildman–Crippen MR) is 91.5 cm³/mol. The maximum Gasteiger partial charge on any atom is 0.275 e. The summed E-state index contributed by atoms with van der Waals surface area (Å²) in [7, 11) is 0. The molecule has 25 heavy (non-hydrogen) atoms. The Balaban J connectivity index is 1.50. The smallest absolute Gasteiger partial charge is 0.275 e. The molecule has 0 unspecified atom stereocenters. The van der Waals surface area contributed by atoms with Crippen LogP contribution >= 0.6 is 0 Å². The van der Waals surface area contributed by atoms with Crippen molar-refractivity contribution in [1.29, 1.82) is 0 Å². The number of fused-ring (bicyclic) bond motifs is 1. The average molecular weight is 348 g/mol. The Labute approximate surface area is 147 Å². The van der Waals surface area contributed by atoms with Crippen molar-refractivity contribution in [2.45, 2.75) is 25.8 Å². The van der Waals surface area contributed by atoms with Crippen LogP contribution < -0.4 is 25.4 Å². The van der Waals surface area contributed by atoms with Gasteiger partial charge in [0, 0.05) is 18.8 Å². The van der Waals surface area contributed by atoms with Crippen molar-refractivity contribution >= 4 is 11.8 Å². The molecule has 1 atom stereocenters. The Hall–Kier alpha value is -2.28. The second-order valence-electron chi connectivity index (χ2n) is 6.80. The van der Waals surface area contributed by atoms with E-state index < -0.39 is 0 Å². The molecule has 136 valence electrons. The number of quaternary nitrogens is 1. The Bertz CT molecular complexity index is 641. The average Bonchev–Trinajstić information content (AvgIpc) is 2.61. The van der Waals surface area contributed by atoms with Crippen LogP contribution in [-0.4, -0.2) is 44.7 Å². The molecule has 1 aromatic carbocycles. The lowest BCUT2D eigenvalue weighted by molar-refractivity contribution is -0.897. The normalized spacial score (nSPS) is 23.6. The minimum atomic E-state index is -0.226. The van der Waals surface area contributed by atoms with Crippen LogP contribution in [-0.2, 0) is 9.59 Å². The first-order valence-electron chi connectivity index (χ1n) is 8.84. The number of carbonyl (C=O) groups is 2. The van der Waals surface area contributed by atoms with Crippen molar-refractivity contribution in [3.05, 3.63) is 23.8 Å². The number of nitrogens with two attached hydrogens (primary N) is 1. The number of amides is 2. The van der Waals surface area contributed by atoms with Crippen LogP contribution in [0.2, 0.25) is 0 Å². The number of nitrogens with one attached hydrogen (secondary N) is 2. The molecule has 2 aliphatic rings. The van der Waals surface area contributed by atoms with E-state index in [1.165, 1.54) is 4.90 Å². The molecule has 2 aliphatic heterocycles. The highest BCUT2D eigenvalue weighted by molar-refractivity contribution is 5.77. The lowest BCUT2D eigenvalue weighted by atomic mass is 9.96. The van der Waals surface area contributed by atoms with Gasteiger partial charge < -0.3 is 25.4 Å². The molecule has 0 radical (unpaired) electrons. The first-order chi connectivity index (χ1) is 12.0. The summed E-state index contributed by atoms with van der Waals surface area (Å²) in [6.07, 6.45) is 1.52. The van der Waals surface area contributed by atoms with Crippen molar-refractivity contribution in [2.75, 3.05) is 32.8 Å². The quantitative estimate of drug-likeness (QED) is 0.663. The van der Waals surface area contributed by atoms with E-state index in [2.05, 4.69) is 5.32 Å². The molecule has 0 saturated carbocycles. The summed E-state index contributed by atoms with van der Waals surface area (Å²) in [5.74, 6) is 1.22. The number of primary amides is 1. The monoisotopic (exact) mass is 348 g/mol. The fraction of sp³-hybridized carbons (Fsp3) is 0.556. The summed E-state index contributed by atoms with van der Waals surface area (Å²) in [6, 6.07) is 5.64. The Morgan fingerprint density at radius 2 is 1.92 bits per heavy atom. The van der Waals surface area contributed by atoms with E-state index in [1.807, 2.05) is 25.1 Å². The molecule has 3 rings (SSSR count). The molecule has 0 aromatic heterocycles. The molecule has 7 heteroatoms. The topological polar surface area (TPSA) is 95.1 Å². The fourth-order valence-electron chi connectivity index (χ4n) is 3.42. The number of ether oxygens (including phenoxy) is 2. The molecule has 1 saturated heterocycles. The van der Waals surface area contributed by atoms with Gasteiger partial charge in [-0.25, -0.2) is 0 Å². The number of piperidine rings is 1. The number of carbonyl (C=O) groups excluding carboxylic acids is 2. The van der Waals surface area contributed by atoms with Gasteiger partial charge in [-0.15, -0.1) is 0 Å². The summed E-state index contributed by atoms with van der Waals surface area (Å²) >= 11 is 0. The van der Waals surface area contributed by atoms with Crippen molar-refractivity contribution in [3.8, 4) is 11.5 Å². The molecule has 0 spiro atoms. The highest BCUT2D eigenvalue weighted by atomic mass is 16.6. The maximum atomic E-state index is 12.3. The third-order valence-corrected chi connectivity index (χ3v) is 4.95. The third kappa shape index (κ3) is 4.42. The third-order valence-electron chi connectivity index (χ3n) is 4.95. The number of likely N-dealkylation sites (tertiary alicyclic amines) is 1. The fourth-order valence-corrected chi connectivity index (χ4v) is 3.42. The predicted octanol–water partition coefficient (Wildman–Crippen LogP) is -0.585. The minimum Gasteiger partial charge on any atom is -0.486 e. The SMILES string of the molecule is C[C@H](NC(=O)C[NH+]1CCC(C(N)=O)CC1)c1ccc2c(c1)OCCO2. The number of rotatable bonds is 5. The largest absolute Gasteiger partial charge is 0.486 e. The summed E-state index contributed by atoms with van der Waals surface area (Å²) in [4.78, 5) is 24.7. The molecule has 1 fully saturated rings. The van der Waals surface area contributed by atoms with Crippen LogP contribution in [0.15, 0.2) is 18.2 Å². The molecule has 2 amide bonds. The van der Waals surface area contributed by atoms with E-state index in [9.17, 15) is 9.59 Å². The summed E-state index contributed by atoms with van der Waals surface area (Å²) < 4.78 is 11.1. The molecular weight excluding hydrogens is 322 g/mol. The second kappa shape index (κ2) is 7.74. The highest BCUT2D eigenvalue weighted by Crippen LogP contribution is 2.32. The molecule has 0 bridgehead atoms. The van der Waals surface area contributed by atoms with Gasteiger partial charge in [-0.2, -0.15) is 0 Å². The van der Waals surface area contributed by atoms with Crippen LogP contribution in [0.1, 0.15) is 31.4 Å². The van der Waals surface area contributed by atoms with Gasteiger partial charge in [-0.3, -0.25) is 9.59 Å². The Morgan fingerprint density at radius 3 is 2.60 bits per heavy atom. The summed E-state index contributed by atoms with van der Waals surface area (Å²) in [5, 5.41) is 3.04. The van der Waals surface area contributed by atoms with Crippen molar-refractivity contribution < 1.29 is 24.0 Å². The van der Waals surface area contributed by atoms with Gasteiger partial charge in [0.2, 0.25) is 5.91 Å². The van der Waals surface area contributed by atoms with Gasteiger partial charge in [0.15, 0.2) is 18.0 Å². The number of hydrogen-bond acceptors (Lipinski definition) is 4. The van der Waals surface area contributed by atoms with Crippen molar-refractivity contribution in [3.63, 3.8) is 0 Å². The molecular formula is C18H26N3O4+. The van der Waals surface area contributed by atoms with E-state index in [1.54, 1.807) is 0 Å². The van der Waals surface area contributed by atoms with E-state index in [0.717, 1.165) is 43.0 Å².